The van der Waals surface area contributed by atoms with Crippen LogP contribution in [0.4, 0.5) is 0 Å². The van der Waals surface area contributed by atoms with Crippen molar-refractivity contribution in [3.63, 3.8) is 0 Å². The average Bonchev–Trinajstić information content (AvgIpc) is 2.19. The second-order valence-electron chi connectivity index (χ2n) is 2.30. The first kappa shape index (κ1) is 12.6. The zero-order chi connectivity index (χ0) is 11.0. The van der Waals surface area contributed by atoms with E-state index in [2.05, 4.69) is 0 Å². The number of nitriles is 2. The number of rotatable bonds is 4. The van der Waals surface area contributed by atoms with E-state index >= 15 is 0 Å². The Kier molecular flexibility index (Phi) is 6.32. The molecule has 0 aromatic heterocycles. The van der Waals surface area contributed by atoms with Crippen molar-refractivity contribution in [3.05, 3.63) is 11.5 Å². The summed E-state index contributed by atoms with van der Waals surface area (Å²) >= 11 is 0. The fourth-order valence-corrected chi connectivity index (χ4v) is 2.14. The van der Waals surface area contributed by atoms with E-state index in [0.29, 0.717) is 15.9 Å². The van der Waals surface area contributed by atoms with Crippen molar-refractivity contribution >= 4 is 26.2 Å². The molecule has 0 N–H and O–H groups in total. The molecule has 0 fully saturated rings. The molecule has 0 aromatic rings. The van der Waals surface area contributed by atoms with Crippen molar-refractivity contribution in [2.75, 3.05) is 0 Å². The molecule has 0 spiro atoms. The van der Waals surface area contributed by atoms with Gasteiger partial charge >= 0.3 is 5.97 Å². The van der Waals surface area contributed by atoms with E-state index < -0.39 is 21.7 Å². The lowest BCUT2D eigenvalue weighted by Crippen LogP contribution is -2.17. The highest BCUT2D eigenvalue weighted by Crippen LogP contribution is 2.02. The van der Waals surface area contributed by atoms with Gasteiger partial charge in [0, 0.05) is 0 Å². The van der Waals surface area contributed by atoms with Crippen LogP contribution in [0.1, 0.15) is 6.92 Å². The fraction of sp³-hybridized carbons (Fsp3) is 0.286. The SMILES string of the molecule is C/C=C(/OC(=O)C(C#N)C#N)[SiH2]O[SiH3]. The molecule has 0 saturated carbocycles. The Morgan fingerprint density at radius 1 is 1.57 bits per heavy atom. The van der Waals surface area contributed by atoms with Crippen molar-refractivity contribution in [2.24, 2.45) is 5.92 Å². The van der Waals surface area contributed by atoms with Gasteiger partial charge in [0.2, 0.25) is 15.7 Å². The first-order valence-corrected chi connectivity index (χ1v) is 5.94. The Labute approximate surface area is 87.4 Å². The number of carbonyl (C=O) groups excluding carboxylic acids is 1. The number of ether oxygens (including phenoxy) is 1. The van der Waals surface area contributed by atoms with Gasteiger partial charge in [0.1, 0.15) is 15.9 Å². The van der Waals surface area contributed by atoms with Crippen LogP contribution in [0.3, 0.4) is 0 Å². The standard InChI is InChI=1S/C7H10N2O3Si2/c1-2-6(14-12-13)11-7(10)5(3-8)4-9/h2,5H,14H2,1,13H3/b6-2-. The van der Waals surface area contributed by atoms with E-state index in [-0.39, 0.29) is 0 Å². The Morgan fingerprint density at radius 2 is 2.14 bits per heavy atom. The summed E-state index contributed by atoms with van der Waals surface area (Å²) in [5, 5.41) is 17.3. The molecular weight excluding hydrogens is 216 g/mol. The maximum absolute atomic E-state index is 11.1. The minimum absolute atomic E-state index is 0.459. The highest BCUT2D eigenvalue weighted by atomic mass is 28.3. The van der Waals surface area contributed by atoms with Gasteiger partial charge in [-0.25, -0.2) is 4.79 Å². The third-order valence-electron chi connectivity index (χ3n) is 1.33. The van der Waals surface area contributed by atoms with Crippen molar-refractivity contribution in [3.8, 4) is 12.1 Å². The molecule has 0 atom stereocenters. The third-order valence-corrected chi connectivity index (χ3v) is 3.33. The van der Waals surface area contributed by atoms with Gasteiger partial charge in [0.15, 0.2) is 0 Å². The second kappa shape index (κ2) is 7.03. The molecule has 0 unspecified atom stereocenters. The van der Waals surface area contributed by atoms with Crippen LogP contribution in [-0.2, 0) is 13.6 Å². The Morgan fingerprint density at radius 3 is 2.50 bits per heavy atom. The molecule has 0 saturated heterocycles. The Hall–Kier alpha value is -1.42. The molecule has 74 valence electrons. The van der Waals surface area contributed by atoms with Gasteiger partial charge in [0.05, 0.1) is 12.1 Å². The van der Waals surface area contributed by atoms with Gasteiger partial charge in [-0.15, -0.1) is 0 Å². The molecule has 5 nitrogen and oxygen atoms in total. The molecule has 0 aliphatic rings. The van der Waals surface area contributed by atoms with Crippen LogP contribution in [0.25, 0.3) is 0 Å². The van der Waals surface area contributed by atoms with Crippen LogP contribution in [0.2, 0.25) is 0 Å². The van der Waals surface area contributed by atoms with Crippen LogP contribution < -0.4 is 0 Å². The van der Waals surface area contributed by atoms with E-state index in [9.17, 15) is 4.79 Å². The summed E-state index contributed by atoms with van der Waals surface area (Å²) in [5.41, 5.74) is 0. The van der Waals surface area contributed by atoms with Crippen molar-refractivity contribution < 1.29 is 13.6 Å². The van der Waals surface area contributed by atoms with Crippen LogP contribution in [-0.4, -0.2) is 26.2 Å². The number of hydrogen-bond acceptors (Lipinski definition) is 5. The van der Waals surface area contributed by atoms with Gasteiger partial charge in [-0.05, 0) is 6.92 Å². The van der Waals surface area contributed by atoms with Crippen LogP contribution >= 0.6 is 0 Å². The number of nitrogens with zero attached hydrogens (tertiary/aromatic N) is 2. The molecule has 0 rings (SSSR count). The molecule has 0 aromatic carbocycles. The Balaban J connectivity index is 4.33. The first-order valence-electron chi connectivity index (χ1n) is 3.84. The fourth-order valence-electron chi connectivity index (χ4n) is 0.636. The molecule has 0 radical (unpaired) electrons. The molecule has 7 heteroatoms. The smallest absolute Gasteiger partial charge is 0.342 e. The van der Waals surface area contributed by atoms with Crippen LogP contribution in [0.5, 0.6) is 0 Å². The van der Waals surface area contributed by atoms with E-state index in [1.165, 1.54) is 0 Å². The third kappa shape index (κ3) is 4.00. The summed E-state index contributed by atoms with van der Waals surface area (Å²) in [5.74, 6) is -2.18. The lowest BCUT2D eigenvalue weighted by Gasteiger charge is -2.06. The van der Waals surface area contributed by atoms with Gasteiger partial charge in [-0.3, -0.25) is 0 Å². The topological polar surface area (TPSA) is 83.1 Å². The maximum Gasteiger partial charge on any atom is 0.342 e. The minimum atomic E-state index is -1.35. The number of hydrogen-bond donors (Lipinski definition) is 0. The van der Waals surface area contributed by atoms with Crippen LogP contribution in [0, 0.1) is 28.6 Å². The van der Waals surface area contributed by atoms with Gasteiger partial charge < -0.3 is 8.85 Å². The summed E-state index contributed by atoms with van der Waals surface area (Å²) in [7, 11) is -0.404. The largest absolute Gasteiger partial charge is 0.463 e. The first-order chi connectivity index (χ1) is 6.69. The molecule has 0 aliphatic carbocycles. The van der Waals surface area contributed by atoms with E-state index in [1.54, 1.807) is 25.1 Å². The highest BCUT2D eigenvalue weighted by Gasteiger charge is 2.19. The van der Waals surface area contributed by atoms with Crippen molar-refractivity contribution in [1.82, 2.24) is 0 Å². The van der Waals surface area contributed by atoms with Crippen molar-refractivity contribution in [1.29, 1.82) is 10.5 Å². The second-order valence-corrected chi connectivity index (χ2v) is 5.60. The van der Waals surface area contributed by atoms with Gasteiger partial charge in [-0.2, -0.15) is 10.5 Å². The van der Waals surface area contributed by atoms with Gasteiger partial charge in [-0.1, -0.05) is 6.08 Å². The number of allylic oxidation sites excluding steroid dienone is 1. The van der Waals surface area contributed by atoms with E-state index in [0.717, 1.165) is 0 Å². The normalized spacial score (nSPS) is 11.6. The predicted octanol–water partition coefficient (Wildman–Crippen LogP) is -1.56. The predicted molar refractivity (Wildman–Crippen MR) is 54.1 cm³/mol. The van der Waals surface area contributed by atoms with E-state index in [4.69, 9.17) is 19.4 Å². The molecule has 0 bridgehead atoms. The van der Waals surface area contributed by atoms with Crippen molar-refractivity contribution in [2.45, 2.75) is 6.92 Å². The maximum atomic E-state index is 11.1. The monoisotopic (exact) mass is 226 g/mol. The summed E-state index contributed by atoms with van der Waals surface area (Å²) in [6.45, 7) is 1.71. The average molecular weight is 226 g/mol. The molecule has 0 amide bonds. The van der Waals surface area contributed by atoms with Gasteiger partial charge in [0.25, 0.3) is 0 Å². The molecule has 0 aliphatic heterocycles. The number of esters is 1. The highest BCUT2D eigenvalue weighted by molar-refractivity contribution is 6.42. The van der Waals surface area contributed by atoms with E-state index in [1.807, 2.05) is 0 Å². The molecular formula is C7H10N2O3Si2. The zero-order valence-corrected chi connectivity index (χ0v) is 11.4. The Bertz CT molecular complexity index is 302. The molecule has 14 heavy (non-hydrogen) atoms. The summed E-state index contributed by atoms with van der Waals surface area (Å²) < 4.78 is 9.83. The summed E-state index contributed by atoms with van der Waals surface area (Å²) in [6.07, 6.45) is 1.62. The number of carbonyl (C=O) groups is 1. The van der Waals surface area contributed by atoms with Crippen LogP contribution in [0.15, 0.2) is 11.5 Å². The lowest BCUT2D eigenvalue weighted by molar-refractivity contribution is -0.139. The quantitative estimate of drug-likeness (QED) is 0.329. The molecule has 0 heterocycles. The lowest BCUT2D eigenvalue weighted by atomic mass is 10.2. The zero-order valence-electron chi connectivity index (χ0n) is 7.98. The minimum Gasteiger partial charge on any atom is -0.463 e. The summed E-state index contributed by atoms with van der Waals surface area (Å²) in [4.78, 5) is 11.1. The summed E-state index contributed by atoms with van der Waals surface area (Å²) in [6, 6.07) is 3.09.